The van der Waals surface area contributed by atoms with Gasteiger partial charge in [0.25, 0.3) is 5.91 Å². The zero-order valence-electron chi connectivity index (χ0n) is 26.6. The number of ether oxygens (including phenoxy) is 2. The molecule has 0 bridgehead atoms. The summed E-state index contributed by atoms with van der Waals surface area (Å²) in [5.41, 5.74) is 7.62. The van der Waals surface area contributed by atoms with Crippen molar-refractivity contribution >= 4 is 35.2 Å². The van der Waals surface area contributed by atoms with Crippen LogP contribution in [0.1, 0.15) is 73.5 Å². The number of nitrogens with two attached hydrogens (primary N) is 1. The van der Waals surface area contributed by atoms with Gasteiger partial charge in [-0.2, -0.15) is 5.26 Å². The van der Waals surface area contributed by atoms with Crippen molar-refractivity contribution in [3.63, 3.8) is 0 Å². The van der Waals surface area contributed by atoms with Crippen LogP contribution in [0.15, 0.2) is 53.9 Å². The second kappa shape index (κ2) is 14.4. The van der Waals surface area contributed by atoms with Crippen LogP contribution < -0.4 is 15.4 Å². The molecule has 0 saturated carbocycles. The number of anilines is 1. The first-order valence-electron chi connectivity index (χ1n) is 15.4. The molecule has 0 aliphatic carbocycles. The molecule has 0 unspecified atom stereocenters. The minimum Gasteiger partial charge on any atom is -0.488 e. The number of rotatable bonds is 11. The number of nitrogens with zero attached hydrogens (tertiary/aromatic N) is 5. The van der Waals surface area contributed by atoms with E-state index in [-0.39, 0.29) is 43.0 Å². The number of thioether (sulfide) groups is 1. The Morgan fingerprint density at radius 1 is 1.17 bits per heavy atom. The van der Waals surface area contributed by atoms with Gasteiger partial charge >= 0.3 is 5.97 Å². The Kier molecular flexibility index (Phi) is 10.3. The van der Waals surface area contributed by atoms with Gasteiger partial charge < -0.3 is 25.0 Å². The zero-order valence-corrected chi connectivity index (χ0v) is 27.4. The van der Waals surface area contributed by atoms with Crippen LogP contribution in [0.5, 0.6) is 5.75 Å². The molecule has 5 rings (SSSR count). The Morgan fingerprint density at radius 2 is 1.89 bits per heavy atom. The lowest BCUT2D eigenvalue weighted by Gasteiger charge is -2.33. The molecule has 1 atom stereocenters. The molecule has 2 amide bonds. The van der Waals surface area contributed by atoms with Crippen molar-refractivity contribution in [1.29, 1.82) is 5.26 Å². The maximum absolute atomic E-state index is 14.5. The van der Waals surface area contributed by atoms with E-state index < -0.39 is 23.5 Å². The number of piperidine rings is 1. The van der Waals surface area contributed by atoms with Crippen LogP contribution in [0.2, 0.25) is 0 Å². The Balaban J connectivity index is 1.14. The second-order valence-corrected chi connectivity index (χ2v) is 13.8. The summed E-state index contributed by atoms with van der Waals surface area (Å²) in [4.78, 5) is 50.3. The van der Waals surface area contributed by atoms with E-state index in [2.05, 4.69) is 9.97 Å². The molecule has 2 aromatic carbocycles. The molecule has 2 N–H and O–H groups in total. The Hall–Kier alpha value is -4.70. The van der Waals surface area contributed by atoms with E-state index >= 15 is 0 Å². The standard InChI is InChI=1S/C34H37FN6O5S/c1-34(2,3)46-30(42)10-9-28(31(37)43)41-19-25-24(32(41)44)5-4-6-29(25)45-20-22-17-38-33(39-18-22)47-23-11-13-40(14-12-23)27-8-7-21(16-36)15-26(27)35/h4-8,15,17-18,23,28H,9-14,19-20H2,1-3H3,(H2,37,43)/t28-/m1/s1. The summed E-state index contributed by atoms with van der Waals surface area (Å²) in [7, 11) is 0. The van der Waals surface area contributed by atoms with Crippen molar-refractivity contribution in [3.05, 3.63) is 76.9 Å². The van der Waals surface area contributed by atoms with E-state index in [1.165, 1.54) is 11.0 Å². The molecular formula is C34H37FN6O5S. The summed E-state index contributed by atoms with van der Waals surface area (Å²) < 4.78 is 25.9. The van der Waals surface area contributed by atoms with Gasteiger partial charge in [-0.3, -0.25) is 14.4 Å². The zero-order chi connectivity index (χ0) is 33.7. The van der Waals surface area contributed by atoms with Crippen LogP contribution in [0.3, 0.4) is 0 Å². The molecule has 1 saturated heterocycles. The number of benzene rings is 2. The molecular weight excluding hydrogens is 623 g/mol. The van der Waals surface area contributed by atoms with Crippen LogP contribution >= 0.6 is 11.8 Å². The highest BCUT2D eigenvalue weighted by atomic mass is 32.2. The SMILES string of the molecule is CC(C)(C)OC(=O)CC[C@H](C(N)=O)N1Cc2c(OCc3cnc(SC4CCN(c5ccc(C#N)cc5F)CC4)nc3)cccc2C1=O. The number of fused-ring (bicyclic) bond motifs is 1. The number of primary amides is 1. The number of aromatic nitrogens is 2. The van der Waals surface area contributed by atoms with Crippen molar-refractivity contribution < 1.29 is 28.2 Å². The predicted molar refractivity (Wildman–Crippen MR) is 173 cm³/mol. The summed E-state index contributed by atoms with van der Waals surface area (Å²) in [5, 5.41) is 9.91. The topological polar surface area (TPSA) is 152 Å². The van der Waals surface area contributed by atoms with Crippen molar-refractivity contribution in [2.24, 2.45) is 5.73 Å². The number of carbonyl (C=O) groups is 3. The van der Waals surface area contributed by atoms with Crippen LogP contribution in [-0.2, 0) is 27.5 Å². The number of nitriles is 1. The summed E-state index contributed by atoms with van der Waals surface area (Å²) in [6.45, 7) is 6.95. The van der Waals surface area contributed by atoms with Gasteiger partial charge in [0.05, 0.1) is 23.9 Å². The van der Waals surface area contributed by atoms with Crippen molar-refractivity contribution in [3.8, 4) is 11.8 Å². The van der Waals surface area contributed by atoms with Gasteiger partial charge in [-0.1, -0.05) is 17.8 Å². The van der Waals surface area contributed by atoms with E-state index in [9.17, 15) is 18.8 Å². The maximum Gasteiger partial charge on any atom is 0.306 e. The molecule has 2 aliphatic heterocycles. The van der Waals surface area contributed by atoms with Crippen LogP contribution in [-0.4, -0.2) is 62.6 Å². The molecule has 47 heavy (non-hydrogen) atoms. The molecule has 1 aromatic heterocycles. The fraction of sp³-hybridized carbons (Fsp3) is 0.412. The molecule has 246 valence electrons. The van der Waals surface area contributed by atoms with Gasteiger partial charge in [0.1, 0.15) is 29.8 Å². The average Bonchev–Trinajstić information content (AvgIpc) is 3.36. The van der Waals surface area contributed by atoms with E-state index in [1.54, 1.807) is 75.3 Å². The minimum absolute atomic E-state index is 0.0522. The van der Waals surface area contributed by atoms with Gasteiger partial charge in [0.15, 0.2) is 5.16 Å². The second-order valence-electron chi connectivity index (χ2n) is 12.5. The van der Waals surface area contributed by atoms with E-state index in [1.807, 2.05) is 11.0 Å². The highest BCUT2D eigenvalue weighted by Gasteiger charge is 2.37. The molecule has 11 nitrogen and oxygen atoms in total. The van der Waals surface area contributed by atoms with Gasteiger partial charge in [0.2, 0.25) is 5.91 Å². The Bertz CT molecular complexity index is 1680. The molecule has 3 heterocycles. The fourth-order valence-corrected chi connectivity index (χ4v) is 6.62. The lowest BCUT2D eigenvalue weighted by molar-refractivity contribution is -0.155. The first-order valence-corrected chi connectivity index (χ1v) is 16.3. The van der Waals surface area contributed by atoms with Gasteiger partial charge in [-0.15, -0.1) is 0 Å². The number of halogens is 1. The van der Waals surface area contributed by atoms with E-state index in [0.29, 0.717) is 46.4 Å². The van der Waals surface area contributed by atoms with Crippen molar-refractivity contribution in [1.82, 2.24) is 14.9 Å². The maximum atomic E-state index is 14.5. The molecule has 0 radical (unpaired) electrons. The van der Waals surface area contributed by atoms with Crippen molar-refractivity contribution in [2.75, 3.05) is 18.0 Å². The van der Waals surface area contributed by atoms with Gasteiger partial charge in [-0.05, 0) is 70.4 Å². The third-order valence-electron chi connectivity index (χ3n) is 7.91. The van der Waals surface area contributed by atoms with Crippen LogP contribution in [0.25, 0.3) is 0 Å². The van der Waals surface area contributed by atoms with E-state index in [0.717, 1.165) is 18.4 Å². The average molecular weight is 661 g/mol. The lowest BCUT2D eigenvalue weighted by atomic mass is 10.1. The monoisotopic (exact) mass is 660 g/mol. The summed E-state index contributed by atoms with van der Waals surface area (Å²) >= 11 is 1.59. The normalized spacial score (nSPS) is 15.6. The molecule has 13 heteroatoms. The molecule has 1 fully saturated rings. The number of esters is 1. The number of carbonyl (C=O) groups excluding carboxylic acids is 3. The Morgan fingerprint density at radius 3 is 2.53 bits per heavy atom. The van der Waals surface area contributed by atoms with E-state index in [4.69, 9.17) is 20.5 Å². The van der Waals surface area contributed by atoms with Gasteiger partial charge in [0, 0.05) is 53.8 Å². The smallest absolute Gasteiger partial charge is 0.306 e. The van der Waals surface area contributed by atoms with Crippen LogP contribution in [0, 0.1) is 17.1 Å². The fourth-order valence-electron chi connectivity index (χ4n) is 5.65. The predicted octanol–water partition coefficient (Wildman–Crippen LogP) is 4.76. The molecule has 2 aliphatic rings. The van der Waals surface area contributed by atoms with Gasteiger partial charge in [-0.25, -0.2) is 14.4 Å². The first kappa shape index (κ1) is 33.7. The van der Waals surface area contributed by atoms with Crippen LogP contribution in [0.4, 0.5) is 10.1 Å². The summed E-state index contributed by atoms with van der Waals surface area (Å²) in [5.74, 6) is -1.40. The number of amides is 2. The lowest BCUT2D eigenvalue weighted by Crippen LogP contribution is -2.45. The number of hydrogen-bond acceptors (Lipinski definition) is 10. The van der Waals surface area contributed by atoms with Crippen molar-refractivity contribution in [2.45, 2.75) is 81.7 Å². The summed E-state index contributed by atoms with van der Waals surface area (Å²) in [6, 6.07) is 10.7. The third-order valence-corrected chi connectivity index (χ3v) is 9.13. The third kappa shape index (κ3) is 8.37. The summed E-state index contributed by atoms with van der Waals surface area (Å²) in [6.07, 6.45) is 5.08. The highest BCUT2D eigenvalue weighted by molar-refractivity contribution is 7.99. The largest absolute Gasteiger partial charge is 0.488 e. The minimum atomic E-state index is -0.974. The Labute approximate surface area is 277 Å². The number of hydrogen-bond donors (Lipinski definition) is 1. The quantitative estimate of drug-likeness (QED) is 0.225. The first-order chi connectivity index (χ1) is 22.4. The molecule has 3 aromatic rings. The highest BCUT2D eigenvalue weighted by Crippen LogP contribution is 2.34. The molecule has 0 spiro atoms.